The highest BCUT2D eigenvalue weighted by Gasteiger charge is 2.21. The Kier molecular flexibility index (Phi) is 4.41. The number of benzene rings is 1. The van der Waals surface area contributed by atoms with E-state index in [0.29, 0.717) is 22.8 Å². The average molecular weight is 312 g/mol. The molecule has 1 aromatic heterocycles. The topological polar surface area (TPSA) is 93.9 Å². The number of aryl methyl sites for hydroxylation is 3. The average Bonchev–Trinajstić information content (AvgIpc) is 2.74. The first-order valence-corrected chi connectivity index (χ1v) is 7.30. The van der Waals surface area contributed by atoms with Crippen LogP contribution in [-0.4, -0.2) is 15.7 Å². The van der Waals surface area contributed by atoms with Crippen LogP contribution in [0.5, 0.6) is 11.5 Å². The molecule has 0 spiro atoms. The van der Waals surface area contributed by atoms with E-state index in [-0.39, 0.29) is 0 Å². The molecule has 1 heterocycles. The standard InChI is InChI=1S/C17H20N4O2/c1-9-6-14(7-10(2)15(9)8-18)23-16-11(3)20-21(12(16)4)13(5)17(19)22/h6-7,13H,1-5H3,(H2,19,22). The predicted molar refractivity (Wildman–Crippen MR) is 86.3 cm³/mol. The second-order valence-electron chi connectivity index (χ2n) is 5.67. The largest absolute Gasteiger partial charge is 0.453 e. The Bertz CT molecular complexity index is 792. The van der Waals surface area contributed by atoms with E-state index in [1.807, 2.05) is 39.8 Å². The minimum Gasteiger partial charge on any atom is -0.453 e. The Morgan fingerprint density at radius 1 is 1.30 bits per heavy atom. The van der Waals surface area contributed by atoms with Crippen molar-refractivity contribution < 1.29 is 9.53 Å². The predicted octanol–water partition coefficient (Wildman–Crippen LogP) is 2.83. The molecule has 0 saturated carbocycles. The SMILES string of the molecule is Cc1cc(Oc2c(C)nn(C(C)C(N)=O)c2C)cc(C)c1C#N. The summed E-state index contributed by atoms with van der Waals surface area (Å²) in [5, 5.41) is 13.5. The Hall–Kier alpha value is -2.81. The molecule has 0 radical (unpaired) electrons. The molecule has 2 aromatic rings. The number of aromatic nitrogens is 2. The molecule has 1 amide bonds. The van der Waals surface area contributed by atoms with E-state index in [2.05, 4.69) is 11.2 Å². The van der Waals surface area contributed by atoms with Gasteiger partial charge in [0, 0.05) is 0 Å². The highest BCUT2D eigenvalue weighted by atomic mass is 16.5. The molecule has 0 aliphatic rings. The molecule has 1 aromatic carbocycles. The number of nitrogens with zero attached hydrogens (tertiary/aromatic N) is 3. The lowest BCUT2D eigenvalue weighted by Gasteiger charge is -2.12. The summed E-state index contributed by atoms with van der Waals surface area (Å²) in [5.74, 6) is 0.783. The molecule has 23 heavy (non-hydrogen) atoms. The van der Waals surface area contributed by atoms with Gasteiger partial charge in [-0.2, -0.15) is 10.4 Å². The van der Waals surface area contributed by atoms with Crippen molar-refractivity contribution in [3.05, 3.63) is 40.2 Å². The fourth-order valence-electron chi connectivity index (χ4n) is 2.57. The third-order valence-corrected chi connectivity index (χ3v) is 3.88. The van der Waals surface area contributed by atoms with Crippen LogP contribution in [0, 0.1) is 39.0 Å². The number of ether oxygens (including phenoxy) is 1. The van der Waals surface area contributed by atoms with E-state index in [1.165, 1.54) is 0 Å². The molecule has 6 heteroatoms. The quantitative estimate of drug-likeness (QED) is 0.939. The zero-order chi connectivity index (χ0) is 17.3. The molecule has 2 rings (SSSR count). The molecule has 1 unspecified atom stereocenters. The zero-order valence-corrected chi connectivity index (χ0v) is 14.0. The molecule has 0 aliphatic heterocycles. The first kappa shape index (κ1) is 16.6. The van der Waals surface area contributed by atoms with Gasteiger partial charge < -0.3 is 10.5 Å². The summed E-state index contributed by atoms with van der Waals surface area (Å²) in [5.41, 5.74) is 9.13. The highest BCUT2D eigenvalue weighted by molar-refractivity contribution is 5.78. The number of hydrogen-bond acceptors (Lipinski definition) is 4. The molecule has 1 atom stereocenters. The molecule has 6 nitrogen and oxygen atoms in total. The summed E-state index contributed by atoms with van der Waals surface area (Å²) in [7, 11) is 0. The summed E-state index contributed by atoms with van der Waals surface area (Å²) in [6.07, 6.45) is 0. The van der Waals surface area contributed by atoms with Crippen LogP contribution in [0.15, 0.2) is 12.1 Å². The van der Waals surface area contributed by atoms with Crippen LogP contribution in [-0.2, 0) is 4.79 Å². The van der Waals surface area contributed by atoms with Gasteiger partial charge in [-0.15, -0.1) is 0 Å². The van der Waals surface area contributed by atoms with E-state index in [1.54, 1.807) is 11.6 Å². The summed E-state index contributed by atoms with van der Waals surface area (Å²) < 4.78 is 7.53. The Morgan fingerprint density at radius 2 is 1.87 bits per heavy atom. The van der Waals surface area contributed by atoms with Crippen LogP contribution >= 0.6 is 0 Å². The number of nitrogens with two attached hydrogens (primary N) is 1. The van der Waals surface area contributed by atoms with Gasteiger partial charge in [0.2, 0.25) is 5.91 Å². The number of carbonyl (C=O) groups is 1. The molecule has 0 aliphatic carbocycles. The fraction of sp³-hybridized carbons (Fsp3) is 0.353. The second-order valence-corrected chi connectivity index (χ2v) is 5.67. The van der Waals surface area contributed by atoms with Crippen LogP contribution in [0.4, 0.5) is 0 Å². The van der Waals surface area contributed by atoms with Crippen molar-refractivity contribution in [2.24, 2.45) is 5.73 Å². The second kappa shape index (κ2) is 6.13. The van der Waals surface area contributed by atoms with Crippen LogP contribution in [0.25, 0.3) is 0 Å². The zero-order valence-electron chi connectivity index (χ0n) is 14.0. The maximum absolute atomic E-state index is 11.4. The summed E-state index contributed by atoms with van der Waals surface area (Å²) >= 11 is 0. The van der Waals surface area contributed by atoms with E-state index in [4.69, 9.17) is 15.7 Å². The van der Waals surface area contributed by atoms with Gasteiger partial charge in [-0.05, 0) is 57.9 Å². The van der Waals surface area contributed by atoms with Gasteiger partial charge in [0.1, 0.15) is 17.5 Å². The van der Waals surface area contributed by atoms with E-state index in [9.17, 15) is 4.79 Å². The Morgan fingerprint density at radius 3 is 2.35 bits per heavy atom. The van der Waals surface area contributed by atoms with Crippen LogP contribution in [0.3, 0.4) is 0 Å². The molecular formula is C17H20N4O2. The fourth-order valence-corrected chi connectivity index (χ4v) is 2.57. The summed E-state index contributed by atoms with van der Waals surface area (Å²) in [6, 6.07) is 5.28. The lowest BCUT2D eigenvalue weighted by molar-refractivity contribution is -0.121. The number of carbonyl (C=O) groups excluding carboxylic acids is 1. The normalized spacial score (nSPS) is 11.8. The van der Waals surface area contributed by atoms with Crippen molar-refractivity contribution in [1.82, 2.24) is 9.78 Å². The molecule has 120 valence electrons. The molecule has 2 N–H and O–H groups in total. The number of hydrogen-bond donors (Lipinski definition) is 1. The van der Waals surface area contributed by atoms with Crippen LogP contribution < -0.4 is 10.5 Å². The monoisotopic (exact) mass is 312 g/mol. The third-order valence-electron chi connectivity index (χ3n) is 3.88. The van der Waals surface area contributed by atoms with Gasteiger partial charge in [0.15, 0.2) is 5.75 Å². The van der Waals surface area contributed by atoms with Crippen LogP contribution in [0.2, 0.25) is 0 Å². The highest BCUT2D eigenvalue weighted by Crippen LogP contribution is 2.31. The molecule has 0 fully saturated rings. The lowest BCUT2D eigenvalue weighted by Crippen LogP contribution is -2.25. The number of nitriles is 1. The van der Waals surface area contributed by atoms with Gasteiger partial charge in [-0.3, -0.25) is 9.48 Å². The smallest absolute Gasteiger partial charge is 0.242 e. The summed E-state index contributed by atoms with van der Waals surface area (Å²) in [4.78, 5) is 11.4. The van der Waals surface area contributed by atoms with Gasteiger partial charge in [0.05, 0.1) is 17.3 Å². The Labute approximate surface area is 135 Å². The van der Waals surface area contributed by atoms with Crippen molar-refractivity contribution in [1.29, 1.82) is 5.26 Å². The third kappa shape index (κ3) is 3.04. The number of amides is 1. The number of primary amides is 1. The molecule has 0 saturated heterocycles. The van der Waals surface area contributed by atoms with E-state index >= 15 is 0 Å². The maximum Gasteiger partial charge on any atom is 0.242 e. The first-order chi connectivity index (χ1) is 10.8. The first-order valence-electron chi connectivity index (χ1n) is 7.30. The summed E-state index contributed by atoms with van der Waals surface area (Å²) in [6.45, 7) is 9.09. The number of rotatable bonds is 4. The molecule has 0 bridgehead atoms. The Balaban J connectivity index is 2.42. The van der Waals surface area contributed by atoms with Gasteiger partial charge in [-0.25, -0.2) is 0 Å². The van der Waals surface area contributed by atoms with Gasteiger partial charge >= 0.3 is 0 Å². The minimum atomic E-state index is -0.546. The van der Waals surface area contributed by atoms with Crippen molar-refractivity contribution >= 4 is 5.91 Å². The lowest BCUT2D eigenvalue weighted by atomic mass is 10.0. The van der Waals surface area contributed by atoms with Crippen molar-refractivity contribution in [3.8, 4) is 17.6 Å². The van der Waals surface area contributed by atoms with Crippen LogP contribution in [0.1, 0.15) is 41.0 Å². The maximum atomic E-state index is 11.4. The van der Waals surface area contributed by atoms with E-state index < -0.39 is 11.9 Å². The van der Waals surface area contributed by atoms with Crippen molar-refractivity contribution in [2.45, 2.75) is 40.7 Å². The van der Waals surface area contributed by atoms with Gasteiger partial charge in [0.25, 0.3) is 0 Å². The van der Waals surface area contributed by atoms with Crippen molar-refractivity contribution in [3.63, 3.8) is 0 Å². The van der Waals surface area contributed by atoms with Crippen molar-refractivity contribution in [2.75, 3.05) is 0 Å². The molecular weight excluding hydrogens is 292 g/mol. The van der Waals surface area contributed by atoms with Gasteiger partial charge in [-0.1, -0.05) is 0 Å². The van der Waals surface area contributed by atoms with E-state index in [0.717, 1.165) is 16.8 Å². The minimum absolute atomic E-state index is 0.452.